The average molecular weight is 417 g/mol. The topological polar surface area (TPSA) is 37.8 Å². The molecule has 0 unspecified atom stereocenters. The van der Waals surface area contributed by atoms with Gasteiger partial charge < -0.3 is 5.32 Å². The minimum atomic E-state index is -0.945. The van der Waals surface area contributed by atoms with Crippen LogP contribution in [0.15, 0.2) is 66.9 Å². The second-order valence-electron chi connectivity index (χ2n) is 7.47. The van der Waals surface area contributed by atoms with Crippen LogP contribution in [0.3, 0.4) is 0 Å². The number of fused-ring (bicyclic) bond motifs is 1. The third kappa shape index (κ3) is 3.65. The molecule has 4 aromatic rings. The van der Waals surface area contributed by atoms with E-state index in [1.54, 1.807) is 18.3 Å². The molecular formula is C25H18F3N3. The number of hydrogen-bond donors (Lipinski definition) is 1. The molecule has 0 radical (unpaired) electrons. The van der Waals surface area contributed by atoms with E-state index in [2.05, 4.69) is 10.3 Å². The first kappa shape index (κ1) is 19.3. The maximum Gasteiger partial charge on any atom is 0.160 e. The highest BCUT2D eigenvalue weighted by molar-refractivity contribution is 5.85. The number of anilines is 2. The molecule has 0 saturated heterocycles. The van der Waals surface area contributed by atoms with E-state index in [9.17, 15) is 13.2 Å². The summed E-state index contributed by atoms with van der Waals surface area (Å²) in [5.74, 6) is -1.69. The minimum absolute atomic E-state index is 0.325. The molecule has 5 rings (SSSR count). The van der Waals surface area contributed by atoms with Gasteiger partial charge in [0.2, 0.25) is 0 Å². The van der Waals surface area contributed by atoms with E-state index >= 15 is 0 Å². The Morgan fingerprint density at radius 2 is 1.61 bits per heavy atom. The van der Waals surface area contributed by atoms with Crippen LogP contribution in [0.25, 0.3) is 22.5 Å². The van der Waals surface area contributed by atoms with Crippen molar-refractivity contribution in [1.82, 2.24) is 9.97 Å². The summed E-state index contributed by atoms with van der Waals surface area (Å²) < 4.78 is 40.8. The smallest absolute Gasteiger partial charge is 0.160 e. The molecule has 1 N–H and O–H groups in total. The summed E-state index contributed by atoms with van der Waals surface area (Å²) in [6.45, 7) is 0. The molecule has 0 saturated carbocycles. The molecule has 31 heavy (non-hydrogen) atoms. The Morgan fingerprint density at radius 1 is 0.806 bits per heavy atom. The number of benzene rings is 2. The van der Waals surface area contributed by atoms with Crippen molar-refractivity contribution in [2.24, 2.45) is 0 Å². The van der Waals surface area contributed by atoms with Crippen LogP contribution in [0.5, 0.6) is 0 Å². The SMILES string of the molecule is Fc1ccc(-c2c(Nc3ccc(F)c(F)c3)nc(-c3ccccn3)c3c2CCC3)cc1. The third-order valence-electron chi connectivity index (χ3n) is 5.49. The van der Waals surface area contributed by atoms with Gasteiger partial charge in [-0.2, -0.15) is 0 Å². The Kier molecular flexibility index (Phi) is 4.90. The van der Waals surface area contributed by atoms with Crippen LogP contribution in [-0.4, -0.2) is 9.97 Å². The van der Waals surface area contributed by atoms with E-state index in [-0.39, 0.29) is 5.82 Å². The highest BCUT2D eigenvalue weighted by Crippen LogP contribution is 2.42. The zero-order valence-electron chi connectivity index (χ0n) is 16.5. The molecule has 0 bridgehead atoms. The summed E-state index contributed by atoms with van der Waals surface area (Å²) in [6.07, 6.45) is 4.40. The normalized spacial score (nSPS) is 12.6. The third-order valence-corrected chi connectivity index (χ3v) is 5.49. The molecule has 2 aromatic heterocycles. The summed E-state index contributed by atoms with van der Waals surface area (Å²) in [7, 11) is 0. The predicted molar refractivity (Wildman–Crippen MR) is 115 cm³/mol. The van der Waals surface area contributed by atoms with E-state index < -0.39 is 11.6 Å². The van der Waals surface area contributed by atoms with Gasteiger partial charge in [-0.25, -0.2) is 18.2 Å². The van der Waals surface area contributed by atoms with Gasteiger partial charge in [0.25, 0.3) is 0 Å². The van der Waals surface area contributed by atoms with Gasteiger partial charge in [0.1, 0.15) is 11.6 Å². The number of pyridine rings is 2. The van der Waals surface area contributed by atoms with Gasteiger partial charge in [-0.3, -0.25) is 4.98 Å². The summed E-state index contributed by atoms with van der Waals surface area (Å²) in [6, 6.07) is 15.5. The Hall–Kier alpha value is -3.67. The lowest BCUT2D eigenvalue weighted by Crippen LogP contribution is -2.05. The fourth-order valence-electron chi connectivity index (χ4n) is 4.10. The Labute approximate surface area is 177 Å². The van der Waals surface area contributed by atoms with E-state index in [1.165, 1.54) is 18.2 Å². The number of nitrogens with one attached hydrogen (secondary N) is 1. The quantitative estimate of drug-likeness (QED) is 0.414. The van der Waals surface area contributed by atoms with E-state index in [1.807, 2.05) is 18.2 Å². The number of nitrogens with zero attached hydrogens (tertiary/aromatic N) is 2. The van der Waals surface area contributed by atoms with Crippen LogP contribution in [0.1, 0.15) is 17.5 Å². The fraction of sp³-hybridized carbons (Fsp3) is 0.120. The van der Waals surface area contributed by atoms with Gasteiger partial charge in [-0.15, -0.1) is 0 Å². The van der Waals surface area contributed by atoms with Gasteiger partial charge in [0.05, 0.1) is 11.4 Å². The summed E-state index contributed by atoms with van der Waals surface area (Å²) in [5.41, 5.74) is 5.78. The maximum atomic E-state index is 13.8. The highest BCUT2D eigenvalue weighted by atomic mass is 19.2. The summed E-state index contributed by atoms with van der Waals surface area (Å²) in [4.78, 5) is 9.34. The standard InChI is InChI=1S/C25H18F3N3/c26-16-9-7-15(8-10-16)23-18-4-3-5-19(18)24(22-6-1-2-13-29-22)31-25(23)30-17-11-12-20(27)21(28)14-17/h1-2,6-14H,3-5H2,(H,30,31). The van der Waals surface area contributed by atoms with Crippen LogP contribution in [0, 0.1) is 17.5 Å². The molecule has 0 amide bonds. The van der Waals surface area contributed by atoms with Gasteiger partial charge in [0.15, 0.2) is 11.6 Å². The van der Waals surface area contributed by atoms with Gasteiger partial charge in [0, 0.05) is 23.5 Å². The first-order valence-corrected chi connectivity index (χ1v) is 10.1. The molecule has 0 atom stereocenters. The lowest BCUT2D eigenvalue weighted by Gasteiger charge is -2.19. The second kappa shape index (κ2) is 7.87. The van der Waals surface area contributed by atoms with Crippen LogP contribution in [0.2, 0.25) is 0 Å². The van der Waals surface area contributed by atoms with Crippen LogP contribution in [-0.2, 0) is 12.8 Å². The van der Waals surface area contributed by atoms with Crippen LogP contribution in [0.4, 0.5) is 24.7 Å². The number of hydrogen-bond acceptors (Lipinski definition) is 3. The Bertz CT molecular complexity index is 1260. The van der Waals surface area contributed by atoms with Crippen LogP contribution < -0.4 is 5.32 Å². The summed E-state index contributed by atoms with van der Waals surface area (Å²) in [5, 5.41) is 3.15. The molecule has 1 aliphatic carbocycles. The van der Waals surface area contributed by atoms with E-state index in [0.717, 1.165) is 65.0 Å². The Morgan fingerprint density at radius 3 is 2.35 bits per heavy atom. The van der Waals surface area contributed by atoms with E-state index in [0.29, 0.717) is 11.5 Å². The largest absolute Gasteiger partial charge is 0.340 e. The zero-order chi connectivity index (χ0) is 21.4. The first-order chi connectivity index (χ1) is 15.1. The first-order valence-electron chi connectivity index (χ1n) is 10.1. The highest BCUT2D eigenvalue weighted by Gasteiger charge is 2.25. The molecule has 2 heterocycles. The van der Waals surface area contributed by atoms with Crippen molar-refractivity contribution in [3.8, 4) is 22.5 Å². The molecule has 0 aliphatic heterocycles. The molecule has 0 spiro atoms. The number of halogens is 3. The molecule has 3 nitrogen and oxygen atoms in total. The fourth-order valence-corrected chi connectivity index (χ4v) is 4.10. The lowest BCUT2D eigenvalue weighted by atomic mass is 9.95. The lowest BCUT2D eigenvalue weighted by molar-refractivity contribution is 0.509. The molecule has 1 aliphatic rings. The van der Waals surface area contributed by atoms with Crippen molar-refractivity contribution in [3.05, 3.63) is 95.4 Å². The van der Waals surface area contributed by atoms with Crippen molar-refractivity contribution in [2.75, 3.05) is 5.32 Å². The molecule has 6 heteroatoms. The molecule has 0 fully saturated rings. The number of aromatic nitrogens is 2. The van der Waals surface area contributed by atoms with Gasteiger partial charge in [-0.1, -0.05) is 18.2 Å². The van der Waals surface area contributed by atoms with Crippen molar-refractivity contribution in [1.29, 1.82) is 0 Å². The predicted octanol–water partition coefficient (Wildman–Crippen LogP) is 6.46. The number of rotatable bonds is 4. The van der Waals surface area contributed by atoms with E-state index in [4.69, 9.17) is 4.98 Å². The molecule has 154 valence electrons. The molecular weight excluding hydrogens is 399 g/mol. The zero-order valence-corrected chi connectivity index (χ0v) is 16.5. The van der Waals surface area contributed by atoms with Crippen LogP contribution >= 0.6 is 0 Å². The average Bonchev–Trinajstić information content (AvgIpc) is 3.27. The molecule has 2 aromatic carbocycles. The minimum Gasteiger partial charge on any atom is -0.340 e. The van der Waals surface area contributed by atoms with Gasteiger partial charge in [-0.05, 0) is 72.4 Å². The van der Waals surface area contributed by atoms with Gasteiger partial charge >= 0.3 is 0 Å². The Balaban J connectivity index is 1.73. The second-order valence-corrected chi connectivity index (χ2v) is 7.47. The van der Waals surface area contributed by atoms with Crippen molar-refractivity contribution >= 4 is 11.5 Å². The monoisotopic (exact) mass is 417 g/mol. The van der Waals surface area contributed by atoms with Crippen molar-refractivity contribution in [2.45, 2.75) is 19.3 Å². The van der Waals surface area contributed by atoms with Crippen molar-refractivity contribution in [3.63, 3.8) is 0 Å². The summed E-state index contributed by atoms with van der Waals surface area (Å²) >= 11 is 0. The maximum absolute atomic E-state index is 13.8. The van der Waals surface area contributed by atoms with Crippen molar-refractivity contribution < 1.29 is 13.2 Å².